The third kappa shape index (κ3) is 3.96. The first-order valence-corrected chi connectivity index (χ1v) is 9.17. The molecule has 0 spiro atoms. The Morgan fingerprint density at radius 1 is 1.19 bits per heavy atom. The van der Waals surface area contributed by atoms with Crippen molar-refractivity contribution in [2.24, 2.45) is 0 Å². The fourth-order valence-corrected chi connectivity index (χ4v) is 3.72. The highest BCUT2D eigenvalue weighted by molar-refractivity contribution is 9.11. The van der Waals surface area contributed by atoms with Gasteiger partial charge in [-0.3, -0.25) is 4.72 Å². The lowest BCUT2D eigenvalue weighted by atomic mass is 10.3. The number of nitrogens with zero attached hydrogens (tertiary/aromatic N) is 1. The summed E-state index contributed by atoms with van der Waals surface area (Å²) in [5, 5.41) is 2.96. The Balaban J connectivity index is 2.41. The highest BCUT2D eigenvalue weighted by Crippen LogP contribution is 2.29. The molecule has 0 fully saturated rings. The standard InChI is InChI=1S/C13H13Br2N3O2S/c1-2-16-11-4-3-7-17-13(11)21(19,20)18-12-8-9(14)5-6-10(12)15/h3-8,16,18H,2H2,1H3. The maximum atomic E-state index is 12.5. The van der Waals surface area contributed by atoms with Crippen molar-refractivity contribution in [3.63, 3.8) is 0 Å². The lowest BCUT2D eigenvalue weighted by molar-refractivity contribution is 0.598. The van der Waals surface area contributed by atoms with Crippen molar-refractivity contribution in [3.05, 3.63) is 45.5 Å². The summed E-state index contributed by atoms with van der Waals surface area (Å²) in [6.45, 7) is 2.50. The molecule has 1 aromatic heterocycles. The molecule has 5 nitrogen and oxygen atoms in total. The van der Waals surface area contributed by atoms with Crippen molar-refractivity contribution in [1.29, 1.82) is 0 Å². The van der Waals surface area contributed by atoms with Crippen LogP contribution in [-0.2, 0) is 10.0 Å². The van der Waals surface area contributed by atoms with Crippen LogP contribution in [0.2, 0.25) is 0 Å². The molecule has 0 radical (unpaired) electrons. The van der Waals surface area contributed by atoms with Crippen molar-refractivity contribution in [2.75, 3.05) is 16.6 Å². The number of nitrogens with one attached hydrogen (secondary N) is 2. The molecule has 1 heterocycles. The number of sulfonamides is 1. The van der Waals surface area contributed by atoms with Gasteiger partial charge in [0.2, 0.25) is 0 Å². The number of aromatic nitrogens is 1. The van der Waals surface area contributed by atoms with E-state index in [0.29, 0.717) is 22.4 Å². The molecule has 0 aliphatic heterocycles. The Bertz CT molecular complexity index is 751. The molecule has 0 saturated heterocycles. The van der Waals surface area contributed by atoms with Crippen LogP contribution in [0.1, 0.15) is 6.92 Å². The molecule has 0 saturated carbocycles. The largest absolute Gasteiger partial charge is 0.383 e. The van der Waals surface area contributed by atoms with Crippen LogP contribution >= 0.6 is 31.9 Å². The van der Waals surface area contributed by atoms with Crippen LogP contribution in [0.25, 0.3) is 0 Å². The topological polar surface area (TPSA) is 71.1 Å². The summed E-state index contributed by atoms with van der Waals surface area (Å²) in [4.78, 5) is 3.98. The summed E-state index contributed by atoms with van der Waals surface area (Å²) in [7, 11) is -3.78. The second kappa shape index (κ2) is 6.76. The van der Waals surface area contributed by atoms with Gasteiger partial charge in [0, 0.05) is 21.7 Å². The minimum Gasteiger partial charge on any atom is -0.383 e. The fourth-order valence-electron chi connectivity index (χ4n) is 1.70. The van der Waals surface area contributed by atoms with Gasteiger partial charge in [-0.15, -0.1) is 0 Å². The molecule has 2 aromatic rings. The Hall–Kier alpha value is -1.12. The highest BCUT2D eigenvalue weighted by atomic mass is 79.9. The van der Waals surface area contributed by atoms with Crippen molar-refractivity contribution < 1.29 is 8.42 Å². The summed E-state index contributed by atoms with van der Waals surface area (Å²) >= 11 is 6.64. The molecule has 21 heavy (non-hydrogen) atoms. The molecule has 0 amide bonds. The zero-order chi connectivity index (χ0) is 15.5. The third-order valence-corrected chi connectivity index (χ3v) is 5.07. The SMILES string of the molecule is CCNc1cccnc1S(=O)(=O)Nc1cc(Br)ccc1Br. The van der Waals surface area contributed by atoms with Crippen molar-refractivity contribution >= 4 is 53.3 Å². The Morgan fingerprint density at radius 2 is 1.95 bits per heavy atom. The lowest BCUT2D eigenvalue weighted by Gasteiger charge is -2.13. The first kappa shape index (κ1) is 16.3. The number of hydrogen-bond acceptors (Lipinski definition) is 4. The molecule has 0 atom stereocenters. The Morgan fingerprint density at radius 3 is 2.67 bits per heavy atom. The van der Waals surface area contributed by atoms with Gasteiger partial charge in [-0.05, 0) is 53.2 Å². The quantitative estimate of drug-likeness (QED) is 0.749. The van der Waals surface area contributed by atoms with Gasteiger partial charge in [0.25, 0.3) is 10.0 Å². The predicted octanol–water partition coefficient (Wildman–Crippen LogP) is 3.84. The van der Waals surface area contributed by atoms with E-state index in [4.69, 9.17) is 0 Å². The van der Waals surface area contributed by atoms with E-state index in [1.807, 2.05) is 13.0 Å². The number of rotatable bonds is 5. The summed E-state index contributed by atoms with van der Waals surface area (Å²) in [6, 6.07) is 8.61. The van der Waals surface area contributed by atoms with Gasteiger partial charge in [0.1, 0.15) is 0 Å². The molecular formula is C13H13Br2N3O2S. The smallest absolute Gasteiger partial charge is 0.281 e. The van der Waals surface area contributed by atoms with Crippen molar-refractivity contribution in [3.8, 4) is 0 Å². The number of halogens is 2. The number of anilines is 2. The van der Waals surface area contributed by atoms with Gasteiger partial charge in [-0.2, -0.15) is 8.42 Å². The summed E-state index contributed by atoms with van der Waals surface area (Å²) in [5.74, 6) is 0. The molecular weight excluding hydrogens is 422 g/mol. The number of hydrogen-bond donors (Lipinski definition) is 2. The van der Waals surface area contributed by atoms with Crippen LogP contribution in [0.15, 0.2) is 50.5 Å². The zero-order valence-electron chi connectivity index (χ0n) is 11.1. The molecule has 0 aliphatic carbocycles. The van der Waals surface area contributed by atoms with Gasteiger partial charge >= 0.3 is 0 Å². The van der Waals surface area contributed by atoms with Crippen LogP contribution < -0.4 is 10.0 Å². The maximum absolute atomic E-state index is 12.5. The van der Waals surface area contributed by atoms with E-state index in [9.17, 15) is 8.42 Å². The second-order valence-electron chi connectivity index (χ2n) is 4.12. The molecule has 0 unspecified atom stereocenters. The van der Waals surface area contributed by atoms with E-state index >= 15 is 0 Å². The molecule has 2 rings (SSSR count). The van der Waals surface area contributed by atoms with E-state index in [1.165, 1.54) is 6.20 Å². The minimum atomic E-state index is -3.78. The summed E-state index contributed by atoms with van der Waals surface area (Å²) < 4.78 is 29.0. The molecule has 1 aromatic carbocycles. The average Bonchev–Trinajstić information content (AvgIpc) is 2.43. The van der Waals surface area contributed by atoms with Gasteiger partial charge in [-0.1, -0.05) is 15.9 Å². The van der Waals surface area contributed by atoms with Crippen molar-refractivity contribution in [2.45, 2.75) is 11.9 Å². The van der Waals surface area contributed by atoms with Gasteiger partial charge < -0.3 is 5.32 Å². The second-order valence-corrected chi connectivity index (χ2v) is 7.48. The van der Waals surface area contributed by atoms with E-state index in [0.717, 1.165) is 4.47 Å². The molecule has 112 valence electrons. The molecule has 8 heteroatoms. The van der Waals surface area contributed by atoms with Crippen LogP contribution in [0, 0.1) is 0 Å². The van der Waals surface area contributed by atoms with Crippen LogP contribution in [0.4, 0.5) is 11.4 Å². The summed E-state index contributed by atoms with van der Waals surface area (Å²) in [5.41, 5.74) is 0.913. The maximum Gasteiger partial charge on any atom is 0.281 e. The number of pyridine rings is 1. The highest BCUT2D eigenvalue weighted by Gasteiger charge is 2.21. The van der Waals surface area contributed by atoms with Gasteiger partial charge in [0.05, 0.1) is 11.4 Å². The Kier molecular flexibility index (Phi) is 5.23. The monoisotopic (exact) mass is 433 g/mol. The lowest BCUT2D eigenvalue weighted by Crippen LogP contribution is -2.17. The van der Waals surface area contributed by atoms with E-state index < -0.39 is 10.0 Å². The first-order valence-electron chi connectivity index (χ1n) is 6.11. The Labute approximate surface area is 140 Å². The van der Waals surface area contributed by atoms with Crippen LogP contribution in [0.3, 0.4) is 0 Å². The van der Waals surface area contributed by atoms with Crippen LogP contribution in [0.5, 0.6) is 0 Å². The predicted molar refractivity (Wildman–Crippen MR) is 91.1 cm³/mol. The molecule has 0 bridgehead atoms. The van der Waals surface area contributed by atoms with E-state index in [1.54, 1.807) is 24.3 Å². The fraction of sp³-hybridized carbons (Fsp3) is 0.154. The third-order valence-electron chi connectivity index (χ3n) is 2.57. The van der Waals surface area contributed by atoms with Gasteiger partial charge in [0.15, 0.2) is 5.03 Å². The zero-order valence-corrected chi connectivity index (χ0v) is 15.1. The normalized spacial score (nSPS) is 11.2. The summed E-state index contributed by atoms with van der Waals surface area (Å²) in [6.07, 6.45) is 1.45. The van der Waals surface area contributed by atoms with E-state index in [2.05, 4.69) is 46.9 Å². The average molecular weight is 435 g/mol. The number of benzene rings is 1. The van der Waals surface area contributed by atoms with E-state index in [-0.39, 0.29) is 5.03 Å². The molecule has 2 N–H and O–H groups in total. The van der Waals surface area contributed by atoms with Crippen LogP contribution in [-0.4, -0.2) is 19.9 Å². The first-order chi connectivity index (χ1) is 9.94. The van der Waals surface area contributed by atoms with Crippen molar-refractivity contribution in [1.82, 2.24) is 4.98 Å². The minimum absolute atomic E-state index is 0.0290. The molecule has 0 aliphatic rings. The van der Waals surface area contributed by atoms with Gasteiger partial charge in [-0.25, -0.2) is 4.98 Å².